The van der Waals surface area contributed by atoms with E-state index in [1.165, 1.54) is 0 Å². The average molecular weight is 268 g/mol. The molecule has 18 heavy (non-hydrogen) atoms. The van der Waals surface area contributed by atoms with Crippen LogP contribution < -0.4 is 11.1 Å². The first-order valence-electron chi connectivity index (χ1n) is 5.81. The third-order valence-electron chi connectivity index (χ3n) is 3.28. The number of carbonyl (C=O) groups excluding carboxylic acids is 1. The van der Waals surface area contributed by atoms with Gasteiger partial charge >= 0.3 is 0 Å². The fourth-order valence-electron chi connectivity index (χ4n) is 2.37. The molecule has 0 spiro atoms. The van der Waals surface area contributed by atoms with E-state index in [0.717, 1.165) is 0 Å². The van der Waals surface area contributed by atoms with Crippen molar-refractivity contribution in [2.24, 2.45) is 17.1 Å². The molecule has 2 rings (SSSR count). The second-order valence-electron chi connectivity index (χ2n) is 4.87. The Morgan fingerprint density at radius 2 is 2.33 bits per heavy atom. The van der Waals surface area contributed by atoms with Gasteiger partial charge in [-0.3, -0.25) is 4.79 Å². The highest BCUT2D eigenvalue weighted by Gasteiger charge is 2.50. The Balaban J connectivity index is 1.97. The third-order valence-corrected chi connectivity index (χ3v) is 3.67. The molecule has 1 aliphatic carbocycles. The lowest BCUT2D eigenvalue weighted by Gasteiger charge is -2.43. The zero-order chi connectivity index (χ0) is 13.3. The molecular weight excluding hydrogens is 252 g/mol. The Hall–Kier alpha value is -1.50. The van der Waals surface area contributed by atoms with Gasteiger partial charge in [-0.25, -0.2) is 0 Å². The maximum absolute atomic E-state index is 12.1. The van der Waals surface area contributed by atoms with Crippen molar-refractivity contribution in [3.8, 4) is 0 Å². The van der Waals surface area contributed by atoms with Gasteiger partial charge in [0, 0.05) is 6.92 Å². The first-order valence-corrected chi connectivity index (χ1v) is 6.22. The van der Waals surface area contributed by atoms with Crippen LogP contribution in [-0.2, 0) is 11.3 Å². The van der Waals surface area contributed by atoms with E-state index in [1.54, 1.807) is 6.92 Å². The van der Waals surface area contributed by atoms with Gasteiger partial charge in [-0.05, 0) is 18.8 Å². The van der Waals surface area contributed by atoms with E-state index in [-0.39, 0.29) is 17.4 Å². The van der Waals surface area contributed by atoms with Crippen LogP contribution in [0, 0.1) is 18.3 Å². The van der Waals surface area contributed by atoms with Gasteiger partial charge < -0.3 is 15.6 Å². The number of rotatable bonds is 4. The van der Waals surface area contributed by atoms with E-state index < -0.39 is 5.41 Å². The van der Waals surface area contributed by atoms with E-state index in [0.29, 0.717) is 30.5 Å². The van der Waals surface area contributed by atoms with Crippen molar-refractivity contribution in [1.82, 2.24) is 15.5 Å². The van der Waals surface area contributed by atoms with Crippen LogP contribution in [0.3, 0.4) is 0 Å². The summed E-state index contributed by atoms with van der Waals surface area (Å²) in [5.41, 5.74) is 5.00. The lowest BCUT2D eigenvalue weighted by atomic mass is 9.62. The molecule has 0 aliphatic heterocycles. The molecule has 1 saturated carbocycles. The van der Waals surface area contributed by atoms with Crippen molar-refractivity contribution in [2.75, 3.05) is 0 Å². The second kappa shape index (κ2) is 4.64. The van der Waals surface area contributed by atoms with Crippen molar-refractivity contribution in [1.29, 1.82) is 0 Å². The van der Waals surface area contributed by atoms with Crippen molar-refractivity contribution >= 4 is 23.1 Å². The number of nitrogens with zero attached hydrogens (tertiary/aromatic N) is 2. The van der Waals surface area contributed by atoms with Crippen molar-refractivity contribution in [2.45, 2.75) is 33.2 Å². The van der Waals surface area contributed by atoms with Crippen LogP contribution in [0.2, 0.25) is 0 Å². The molecular formula is C11H16N4O2S. The maximum Gasteiger partial charge on any atom is 0.233 e. The lowest BCUT2D eigenvalue weighted by Crippen LogP contribution is -2.55. The minimum atomic E-state index is -0.687. The normalized spacial score (nSPS) is 26.4. The minimum absolute atomic E-state index is 0.143. The molecule has 6 nitrogen and oxygen atoms in total. The average Bonchev–Trinajstić information content (AvgIpc) is 2.67. The Labute approximate surface area is 110 Å². The summed E-state index contributed by atoms with van der Waals surface area (Å²) in [4.78, 5) is 16.4. The third kappa shape index (κ3) is 2.22. The van der Waals surface area contributed by atoms with Gasteiger partial charge in [0.1, 0.15) is 0 Å². The van der Waals surface area contributed by atoms with Crippen LogP contribution in [-0.4, -0.2) is 21.0 Å². The Kier molecular flexibility index (Phi) is 3.34. The first kappa shape index (κ1) is 12.9. The molecule has 1 aromatic rings. The summed E-state index contributed by atoms with van der Waals surface area (Å²) in [7, 11) is 0. The Bertz CT molecular complexity index is 479. The minimum Gasteiger partial charge on any atom is -0.392 e. The molecule has 0 radical (unpaired) electrons. The zero-order valence-corrected chi connectivity index (χ0v) is 11.2. The van der Waals surface area contributed by atoms with Gasteiger partial charge in [0.15, 0.2) is 5.82 Å². The molecule has 1 heterocycles. The molecule has 1 aliphatic rings. The quantitative estimate of drug-likeness (QED) is 0.781. The van der Waals surface area contributed by atoms with Crippen LogP contribution in [0.1, 0.15) is 31.5 Å². The molecule has 0 aromatic carbocycles. The maximum atomic E-state index is 12.1. The number of aromatic nitrogens is 2. The largest absolute Gasteiger partial charge is 0.392 e. The summed E-state index contributed by atoms with van der Waals surface area (Å²) in [6.07, 6.45) is 1.42. The van der Waals surface area contributed by atoms with E-state index in [1.807, 2.05) is 0 Å². The highest BCUT2D eigenvalue weighted by molar-refractivity contribution is 7.80. The summed E-state index contributed by atoms with van der Waals surface area (Å²) in [5, 5.41) is 6.47. The molecule has 7 heteroatoms. The van der Waals surface area contributed by atoms with E-state index in [2.05, 4.69) is 22.4 Å². The standard InChI is InChI=1S/C11H16N4O2S/c1-6-3-11(4-6,9(12)18)10(16)13-5-8-14-7(2)17-15-8/h6H,3-5H2,1-2H3,(H2,12,18)(H,13,16). The van der Waals surface area contributed by atoms with Crippen molar-refractivity contribution in [3.05, 3.63) is 11.7 Å². The molecule has 0 bridgehead atoms. The fraction of sp³-hybridized carbons (Fsp3) is 0.636. The number of amides is 1. The number of carbonyl (C=O) groups is 1. The van der Waals surface area contributed by atoms with E-state index in [9.17, 15) is 4.79 Å². The number of nitrogens with two attached hydrogens (primary N) is 1. The number of hydrogen-bond donors (Lipinski definition) is 2. The highest BCUT2D eigenvalue weighted by Crippen LogP contribution is 2.45. The molecule has 0 saturated heterocycles. The highest BCUT2D eigenvalue weighted by atomic mass is 32.1. The number of nitrogens with one attached hydrogen (secondary N) is 1. The Morgan fingerprint density at radius 3 is 2.78 bits per heavy atom. The first-order chi connectivity index (χ1) is 8.44. The predicted octanol–water partition coefficient (Wildman–Crippen LogP) is 0.697. The van der Waals surface area contributed by atoms with Crippen molar-refractivity contribution in [3.63, 3.8) is 0 Å². The smallest absolute Gasteiger partial charge is 0.233 e. The summed E-state index contributed by atoms with van der Waals surface area (Å²) < 4.78 is 4.82. The van der Waals surface area contributed by atoms with E-state index in [4.69, 9.17) is 22.5 Å². The molecule has 0 atom stereocenters. The summed E-state index contributed by atoms with van der Waals surface area (Å²) in [6, 6.07) is 0. The second-order valence-corrected chi connectivity index (χ2v) is 5.31. The van der Waals surface area contributed by atoms with Crippen LogP contribution in [0.4, 0.5) is 0 Å². The molecule has 1 aromatic heterocycles. The van der Waals surface area contributed by atoms with Gasteiger partial charge in [-0.15, -0.1) is 0 Å². The summed E-state index contributed by atoms with van der Waals surface area (Å²) >= 11 is 5.01. The number of aryl methyl sites for hydroxylation is 1. The van der Waals surface area contributed by atoms with Crippen LogP contribution in [0.25, 0.3) is 0 Å². The molecule has 3 N–H and O–H groups in total. The molecule has 98 valence electrons. The fourth-order valence-corrected chi connectivity index (χ4v) is 2.63. The van der Waals surface area contributed by atoms with Gasteiger partial charge in [0.05, 0.1) is 16.9 Å². The summed E-state index contributed by atoms with van der Waals surface area (Å²) in [6.45, 7) is 4.00. The van der Waals surface area contributed by atoms with Gasteiger partial charge in [0.2, 0.25) is 11.8 Å². The number of thiocarbonyl (C=S) groups is 1. The zero-order valence-electron chi connectivity index (χ0n) is 10.4. The topological polar surface area (TPSA) is 94.0 Å². The molecule has 1 fully saturated rings. The van der Waals surface area contributed by atoms with Crippen molar-refractivity contribution < 1.29 is 9.32 Å². The molecule has 0 unspecified atom stereocenters. The van der Waals surface area contributed by atoms with Crippen LogP contribution in [0.5, 0.6) is 0 Å². The van der Waals surface area contributed by atoms with Gasteiger partial charge in [0.25, 0.3) is 0 Å². The lowest BCUT2D eigenvalue weighted by molar-refractivity contribution is -0.133. The van der Waals surface area contributed by atoms with Crippen LogP contribution >= 0.6 is 12.2 Å². The predicted molar refractivity (Wildman–Crippen MR) is 68.5 cm³/mol. The summed E-state index contributed by atoms with van der Waals surface area (Å²) in [5.74, 6) is 1.26. The monoisotopic (exact) mass is 268 g/mol. The van der Waals surface area contributed by atoms with E-state index >= 15 is 0 Å². The van der Waals surface area contributed by atoms with Gasteiger partial charge in [-0.2, -0.15) is 4.98 Å². The van der Waals surface area contributed by atoms with Crippen LogP contribution in [0.15, 0.2) is 4.52 Å². The molecule has 1 amide bonds. The number of hydrogen-bond acceptors (Lipinski definition) is 5. The van der Waals surface area contributed by atoms with Gasteiger partial charge in [-0.1, -0.05) is 24.3 Å². The Morgan fingerprint density at radius 1 is 1.67 bits per heavy atom. The SMILES string of the molecule is Cc1nc(CNC(=O)C2(C(N)=S)CC(C)C2)no1.